The molecule has 0 aliphatic rings. The number of nitrogens with one attached hydrogen (secondary N) is 2. The van der Waals surface area contributed by atoms with E-state index in [2.05, 4.69) is 25.3 Å². The third kappa shape index (κ3) is 3.48. The van der Waals surface area contributed by atoms with Crippen molar-refractivity contribution in [3.8, 4) is 11.5 Å². The lowest BCUT2D eigenvalue weighted by molar-refractivity contribution is 0.0945. The average Bonchev–Trinajstić information content (AvgIpc) is 3.10. The van der Waals surface area contributed by atoms with E-state index in [1.807, 2.05) is 55.5 Å². The monoisotopic (exact) mass is 366 g/mol. The van der Waals surface area contributed by atoms with Gasteiger partial charge in [-0.1, -0.05) is 36.4 Å². The van der Waals surface area contributed by atoms with Gasteiger partial charge in [-0.3, -0.25) is 4.79 Å². The van der Waals surface area contributed by atoms with E-state index in [0.29, 0.717) is 18.1 Å². The predicted molar refractivity (Wildman–Crippen MR) is 112 cm³/mol. The minimum absolute atomic E-state index is 0. The molecule has 1 amide bonds. The predicted octanol–water partition coefficient (Wildman–Crippen LogP) is 3.82. The second-order valence-electron chi connectivity index (χ2n) is 6.26. The van der Waals surface area contributed by atoms with Gasteiger partial charge >= 0.3 is 0 Å². The number of imidazole rings is 1. The molecule has 0 atom stereocenters. The van der Waals surface area contributed by atoms with Crippen molar-refractivity contribution in [2.75, 3.05) is 5.73 Å². The Morgan fingerprint density at radius 1 is 1.19 bits per heavy atom. The Labute approximate surface area is 161 Å². The highest BCUT2D eigenvalue weighted by Gasteiger charge is 2.15. The SMILES string of the molecule is Cc1ccc2nc(-c3nc(C(=O)NCc4ccccc4)cnc3N)[nH]c2c1.[HH].[HH].[HH].[HH]. The molecule has 2 aromatic heterocycles. The molecule has 142 valence electrons. The molecular weight excluding hydrogens is 340 g/mol. The number of nitrogen functional groups attached to an aromatic ring is 1. The molecule has 7 nitrogen and oxygen atoms in total. The summed E-state index contributed by atoms with van der Waals surface area (Å²) in [5.74, 6) is 0.378. The average molecular weight is 366 g/mol. The van der Waals surface area contributed by atoms with E-state index in [-0.39, 0.29) is 23.1 Å². The van der Waals surface area contributed by atoms with Crippen LogP contribution in [0.1, 0.15) is 27.3 Å². The highest BCUT2D eigenvalue weighted by atomic mass is 16.1. The van der Waals surface area contributed by atoms with Crippen molar-refractivity contribution in [1.82, 2.24) is 25.3 Å². The van der Waals surface area contributed by atoms with Crippen molar-refractivity contribution in [3.63, 3.8) is 0 Å². The molecule has 2 aromatic carbocycles. The molecule has 0 radical (unpaired) electrons. The van der Waals surface area contributed by atoms with Crippen LogP contribution in [0.4, 0.5) is 5.82 Å². The maximum atomic E-state index is 12.4. The summed E-state index contributed by atoms with van der Waals surface area (Å²) in [6.07, 6.45) is 1.37. The Kier molecular flexibility index (Phi) is 4.25. The van der Waals surface area contributed by atoms with Gasteiger partial charge < -0.3 is 16.0 Å². The van der Waals surface area contributed by atoms with Crippen molar-refractivity contribution >= 4 is 22.8 Å². The number of anilines is 1. The number of fused-ring (bicyclic) bond motifs is 1. The van der Waals surface area contributed by atoms with Gasteiger partial charge in [-0.15, -0.1) is 0 Å². The number of aromatic amines is 1. The number of carbonyl (C=O) groups excluding carboxylic acids is 1. The van der Waals surface area contributed by atoms with Crippen LogP contribution in [0.5, 0.6) is 0 Å². The lowest BCUT2D eigenvalue weighted by Crippen LogP contribution is -2.24. The molecule has 0 saturated carbocycles. The van der Waals surface area contributed by atoms with Crippen LogP contribution in [0, 0.1) is 6.92 Å². The molecule has 0 aliphatic heterocycles. The van der Waals surface area contributed by atoms with Gasteiger partial charge in [-0.25, -0.2) is 15.0 Å². The molecule has 7 heteroatoms. The van der Waals surface area contributed by atoms with Crippen LogP contribution in [-0.2, 0) is 6.54 Å². The summed E-state index contributed by atoms with van der Waals surface area (Å²) < 4.78 is 0. The van der Waals surface area contributed by atoms with Gasteiger partial charge in [0.2, 0.25) is 0 Å². The summed E-state index contributed by atoms with van der Waals surface area (Å²) in [6, 6.07) is 15.6. The van der Waals surface area contributed by atoms with Crippen LogP contribution in [0.2, 0.25) is 0 Å². The smallest absolute Gasteiger partial charge is 0.271 e. The quantitative estimate of drug-likeness (QED) is 0.508. The molecule has 4 rings (SSSR count). The van der Waals surface area contributed by atoms with Gasteiger partial charge in [0.15, 0.2) is 11.6 Å². The van der Waals surface area contributed by atoms with E-state index >= 15 is 0 Å². The Hall–Kier alpha value is -3.74. The number of nitrogens with zero attached hydrogens (tertiary/aromatic N) is 3. The highest BCUT2D eigenvalue weighted by molar-refractivity contribution is 5.93. The highest BCUT2D eigenvalue weighted by Crippen LogP contribution is 2.23. The number of aryl methyl sites for hydroxylation is 1. The van der Waals surface area contributed by atoms with E-state index in [4.69, 9.17) is 5.73 Å². The van der Waals surface area contributed by atoms with Gasteiger partial charge in [0, 0.05) is 12.3 Å². The maximum absolute atomic E-state index is 12.4. The van der Waals surface area contributed by atoms with Crippen LogP contribution < -0.4 is 11.1 Å². The molecule has 4 N–H and O–H groups in total. The summed E-state index contributed by atoms with van der Waals surface area (Å²) in [7, 11) is 0. The number of hydrogen-bond acceptors (Lipinski definition) is 5. The second-order valence-corrected chi connectivity index (χ2v) is 6.26. The molecular formula is C20H26N6O. The van der Waals surface area contributed by atoms with Crippen molar-refractivity contribution in [3.05, 3.63) is 71.5 Å². The molecule has 0 spiro atoms. The van der Waals surface area contributed by atoms with Crippen LogP contribution >= 0.6 is 0 Å². The molecule has 2 heterocycles. The fourth-order valence-electron chi connectivity index (χ4n) is 2.79. The van der Waals surface area contributed by atoms with Crippen molar-refractivity contribution in [2.24, 2.45) is 0 Å². The fourth-order valence-corrected chi connectivity index (χ4v) is 2.79. The molecule has 0 unspecified atom stereocenters. The first-order chi connectivity index (χ1) is 13.1. The largest absolute Gasteiger partial charge is 0.382 e. The standard InChI is InChI=1S/C20H18N6O.4H2/c1-12-7-8-14-15(9-12)26-19(25-14)17-18(21)22-11-16(24-17)20(27)23-10-13-5-3-2-4-6-13;;;;/h2-9,11H,10H2,1H3,(H2,21,22)(H,23,27)(H,25,26);4*1H. The van der Waals surface area contributed by atoms with E-state index in [9.17, 15) is 4.79 Å². The van der Waals surface area contributed by atoms with E-state index in [1.54, 1.807) is 0 Å². The number of H-pyrrole nitrogens is 1. The van der Waals surface area contributed by atoms with Crippen LogP contribution in [0.3, 0.4) is 0 Å². The van der Waals surface area contributed by atoms with Gasteiger partial charge in [-0.2, -0.15) is 0 Å². The lowest BCUT2D eigenvalue weighted by Gasteiger charge is -2.07. The number of hydrogen-bond donors (Lipinski definition) is 3. The maximum Gasteiger partial charge on any atom is 0.271 e. The minimum Gasteiger partial charge on any atom is -0.382 e. The third-order valence-electron chi connectivity index (χ3n) is 4.19. The molecule has 0 bridgehead atoms. The minimum atomic E-state index is -0.320. The molecule has 0 fully saturated rings. The van der Waals surface area contributed by atoms with Gasteiger partial charge in [0.1, 0.15) is 11.4 Å². The van der Waals surface area contributed by atoms with Crippen molar-refractivity contribution < 1.29 is 10.5 Å². The van der Waals surface area contributed by atoms with Gasteiger partial charge in [0.25, 0.3) is 5.91 Å². The van der Waals surface area contributed by atoms with Crippen molar-refractivity contribution in [2.45, 2.75) is 13.5 Å². The summed E-state index contributed by atoms with van der Waals surface area (Å²) in [5, 5.41) is 2.83. The number of rotatable bonds is 4. The first kappa shape index (κ1) is 16.7. The normalized spacial score (nSPS) is 10.9. The molecule has 0 saturated heterocycles. The third-order valence-corrected chi connectivity index (χ3v) is 4.19. The number of amides is 1. The van der Waals surface area contributed by atoms with E-state index in [1.165, 1.54) is 6.20 Å². The summed E-state index contributed by atoms with van der Waals surface area (Å²) in [5.41, 5.74) is 10.3. The summed E-state index contributed by atoms with van der Waals surface area (Å²) in [6.45, 7) is 2.41. The number of carbonyl (C=O) groups is 1. The molecule has 4 aromatic rings. The van der Waals surface area contributed by atoms with E-state index in [0.717, 1.165) is 22.2 Å². The van der Waals surface area contributed by atoms with Gasteiger partial charge in [-0.05, 0) is 30.2 Å². The zero-order valence-electron chi connectivity index (χ0n) is 14.7. The van der Waals surface area contributed by atoms with Crippen LogP contribution in [-0.4, -0.2) is 25.8 Å². The van der Waals surface area contributed by atoms with Crippen LogP contribution in [0.25, 0.3) is 22.6 Å². The Morgan fingerprint density at radius 2 is 2.00 bits per heavy atom. The zero-order valence-corrected chi connectivity index (χ0v) is 14.7. The molecule has 0 aliphatic carbocycles. The Morgan fingerprint density at radius 3 is 2.81 bits per heavy atom. The van der Waals surface area contributed by atoms with Crippen LogP contribution in [0.15, 0.2) is 54.7 Å². The Bertz CT molecular complexity index is 1140. The number of benzene rings is 2. The lowest BCUT2D eigenvalue weighted by atomic mass is 10.2. The topological polar surface area (TPSA) is 110 Å². The first-order valence-electron chi connectivity index (χ1n) is 8.51. The van der Waals surface area contributed by atoms with Crippen molar-refractivity contribution in [1.29, 1.82) is 0 Å². The fraction of sp³-hybridized carbons (Fsp3) is 0.100. The van der Waals surface area contributed by atoms with Gasteiger partial charge in [0.05, 0.1) is 17.2 Å². The first-order valence-corrected chi connectivity index (χ1v) is 8.51. The Balaban J connectivity index is 0.00000225. The zero-order chi connectivity index (χ0) is 18.8. The van der Waals surface area contributed by atoms with E-state index < -0.39 is 0 Å². The number of aromatic nitrogens is 4. The molecule has 27 heavy (non-hydrogen) atoms. The summed E-state index contributed by atoms with van der Waals surface area (Å²) >= 11 is 0. The summed E-state index contributed by atoms with van der Waals surface area (Å²) in [4.78, 5) is 28.6. The number of nitrogens with two attached hydrogens (primary N) is 1. The second kappa shape index (κ2) is 6.87.